The molecule has 2 amide bonds. The zero-order valence-corrected chi connectivity index (χ0v) is 26.1. The molecular weight excluding hydrogens is 585 g/mol. The van der Waals surface area contributed by atoms with Gasteiger partial charge in [-0.1, -0.05) is 47.5 Å². The monoisotopic (exact) mass is 619 g/mol. The van der Waals surface area contributed by atoms with Gasteiger partial charge in [0.2, 0.25) is 11.8 Å². The van der Waals surface area contributed by atoms with Crippen molar-refractivity contribution < 1.29 is 22.7 Å². The Kier molecular flexibility index (Phi) is 10.7. The van der Waals surface area contributed by atoms with E-state index in [9.17, 15) is 18.0 Å². The van der Waals surface area contributed by atoms with Crippen LogP contribution < -0.4 is 14.4 Å². The molecule has 1 atom stereocenters. The summed E-state index contributed by atoms with van der Waals surface area (Å²) >= 11 is 12.5. The van der Waals surface area contributed by atoms with Gasteiger partial charge in [-0.3, -0.25) is 13.9 Å². The number of rotatable bonds is 11. The maximum Gasteiger partial charge on any atom is 0.264 e. The summed E-state index contributed by atoms with van der Waals surface area (Å²) in [6, 6.07) is 18.2. The first-order chi connectivity index (χ1) is 19.2. The van der Waals surface area contributed by atoms with Crippen molar-refractivity contribution in [2.75, 3.05) is 17.5 Å². The Morgan fingerprint density at radius 1 is 0.976 bits per heavy atom. The molecule has 0 aliphatic rings. The van der Waals surface area contributed by atoms with Gasteiger partial charge in [0.15, 0.2) is 0 Å². The van der Waals surface area contributed by atoms with E-state index in [1.54, 1.807) is 67.6 Å². The van der Waals surface area contributed by atoms with E-state index in [4.69, 9.17) is 27.9 Å². The number of halogens is 2. The molecule has 0 fully saturated rings. The summed E-state index contributed by atoms with van der Waals surface area (Å²) in [7, 11) is -4.17. The molecule has 220 valence electrons. The number of amides is 2. The minimum Gasteiger partial charge on any atom is -0.494 e. The normalized spacial score (nSPS) is 12.4. The van der Waals surface area contributed by atoms with Crippen LogP contribution in [0, 0.1) is 0 Å². The molecule has 0 saturated heterocycles. The van der Waals surface area contributed by atoms with E-state index < -0.39 is 40.0 Å². The summed E-state index contributed by atoms with van der Waals surface area (Å²) in [5.74, 6) is -0.429. The van der Waals surface area contributed by atoms with Gasteiger partial charge in [0.1, 0.15) is 18.3 Å². The molecule has 0 aromatic heterocycles. The van der Waals surface area contributed by atoms with Gasteiger partial charge in [-0.15, -0.1) is 0 Å². The van der Waals surface area contributed by atoms with E-state index in [1.807, 2.05) is 27.7 Å². The largest absolute Gasteiger partial charge is 0.494 e. The number of hydrogen-bond acceptors (Lipinski definition) is 5. The lowest BCUT2D eigenvalue weighted by atomic mass is 10.1. The molecule has 0 saturated carbocycles. The van der Waals surface area contributed by atoms with Crippen LogP contribution in [0.5, 0.6) is 5.75 Å². The van der Waals surface area contributed by atoms with E-state index in [1.165, 1.54) is 17.0 Å². The van der Waals surface area contributed by atoms with Crippen LogP contribution >= 0.6 is 23.2 Å². The highest BCUT2D eigenvalue weighted by Gasteiger charge is 2.33. The predicted octanol–water partition coefficient (Wildman–Crippen LogP) is 5.92. The topological polar surface area (TPSA) is 96.0 Å². The second-order valence-electron chi connectivity index (χ2n) is 10.4. The van der Waals surface area contributed by atoms with E-state index in [0.29, 0.717) is 28.0 Å². The number of anilines is 1. The molecule has 0 bridgehead atoms. The Hall–Kier alpha value is -3.27. The van der Waals surface area contributed by atoms with Crippen LogP contribution in [0.1, 0.15) is 40.2 Å². The highest BCUT2D eigenvalue weighted by molar-refractivity contribution is 7.92. The van der Waals surface area contributed by atoms with Gasteiger partial charge >= 0.3 is 0 Å². The Balaban J connectivity index is 2.05. The fraction of sp³-hybridized carbons (Fsp3) is 0.333. The third-order valence-corrected chi connectivity index (χ3v) is 8.44. The van der Waals surface area contributed by atoms with Gasteiger partial charge in [-0.25, -0.2) is 8.42 Å². The fourth-order valence-corrected chi connectivity index (χ4v) is 5.92. The second-order valence-corrected chi connectivity index (χ2v) is 13.1. The summed E-state index contributed by atoms with van der Waals surface area (Å²) in [6.45, 7) is 8.77. The lowest BCUT2D eigenvalue weighted by Gasteiger charge is -2.33. The molecule has 3 aromatic carbocycles. The van der Waals surface area contributed by atoms with Gasteiger partial charge in [0, 0.05) is 22.1 Å². The molecule has 8 nitrogen and oxygen atoms in total. The predicted molar refractivity (Wildman–Crippen MR) is 163 cm³/mol. The van der Waals surface area contributed by atoms with Crippen molar-refractivity contribution in [3.8, 4) is 5.75 Å². The van der Waals surface area contributed by atoms with Crippen molar-refractivity contribution >= 4 is 50.7 Å². The minimum absolute atomic E-state index is 0.0208. The van der Waals surface area contributed by atoms with Crippen molar-refractivity contribution in [2.24, 2.45) is 0 Å². The maximum absolute atomic E-state index is 14.0. The average Bonchev–Trinajstić information content (AvgIpc) is 2.91. The summed E-state index contributed by atoms with van der Waals surface area (Å²) in [5, 5.41) is 3.63. The van der Waals surface area contributed by atoms with Gasteiger partial charge in [-0.2, -0.15) is 0 Å². The highest BCUT2D eigenvalue weighted by atomic mass is 35.5. The average molecular weight is 621 g/mol. The molecule has 1 N–H and O–H groups in total. The molecule has 3 rings (SSSR count). The number of carbonyl (C=O) groups excluding carboxylic acids is 2. The van der Waals surface area contributed by atoms with Crippen LogP contribution in [0.15, 0.2) is 77.7 Å². The Labute approximate surface area is 252 Å². The smallest absolute Gasteiger partial charge is 0.264 e. The maximum atomic E-state index is 14.0. The van der Waals surface area contributed by atoms with E-state index in [2.05, 4.69) is 5.32 Å². The van der Waals surface area contributed by atoms with Crippen molar-refractivity contribution in [2.45, 2.75) is 57.6 Å². The number of carbonyl (C=O) groups is 2. The summed E-state index contributed by atoms with van der Waals surface area (Å²) in [5.41, 5.74) is 0.267. The summed E-state index contributed by atoms with van der Waals surface area (Å²) < 4.78 is 34.2. The van der Waals surface area contributed by atoms with Crippen molar-refractivity contribution in [1.82, 2.24) is 10.2 Å². The van der Waals surface area contributed by atoms with Gasteiger partial charge < -0.3 is 15.0 Å². The van der Waals surface area contributed by atoms with Crippen LogP contribution in [0.25, 0.3) is 0 Å². The Bertz CT molecular complexity index is 1460. The quantitative estimate of drug-likeness (QED) is 0.287. The summed E-state index contributed by atoms with van der Waals surface area (Å²) in [4.78, 5) is 28.6. The zero-order valence-electron chi connectivity index (χ0n) is 23.7. The first-order valence-electron chi connectivity index (χ1n) is 13.1. The third kappa shape index (κ3) is 8.61. The van der Waals surface area contributed by atoms with Gasteiger partial charge in [-0.05, 0) is 88.7 Å². The Morgan fingerprint density at radius 2 is 1.61 bits per heavy atom. The zero-order chi connectivity index (χ0) is 30.4. The lowest BCUT2D eigenvalue weighted by molar-refractivity contribution is -0.140. The SMILES string of the molecule is CCOc1ccc(N(CC(=O)N(Cc2ccc(Cl)cc2Cl)C(C)C(=O)NC(C)(C)C)S(=O)(=O)c2ccccc2)cc1. The van der Waals surface area contributed by atoms with Crippen LogP contribution in [0.2, 0.25) is 10.0 Å². The molecule has 41 heavy (non-hydrogen) atoms. The molecule has 0 radical (unpaired) electrons. The molecular formula is C30H35Cl2N3O5S. The molecule has 0 heterocycles. The minimum atomic E-state index is -4.17. The first kappa shape index (κ1) is 32.2. The number of ether oxygens (including phenoxy) is 1. The third-order valence-electron chi connectivity index (χ3n) is 6.07. The van der Waals surface area contributed by atoms with E-state index >= 15 is 0 Å². The molecule has 1 unspecified atom stereocenters. The molecule has 0 spiro atoms. The number of benzene rings is 3. The lowest BCUT2D eigenvalue weighted by Crippen LogP contribution is -2.54. The first-order valence-corrected chi connectivity index (χ1v) is 15.3. The summed E-state index contributed by atoms with van der Waals surface area (Å²) in [6.07, 6.45) is 0. The fourth-order valence-electron chi connectivity index (χ4n) is 4.01. The van der Waals surface area contributed by atoms with Crippen molar-refractivity contribution in [3.63, 3.8) is 0 Å². The van der Waals surface area contributed by atoms with E-state index in [-0.39, 0.29) is 17.1 Å². The highest BCUT2D eigenvalue weighted by Crippen LogP contribution is 2.28. The van der Waals surface area contributed by atoms with Crippen LogP contribution in [-0.4, -0.2) is 49.9 Å². The number of hydrogen-bond donors (Lipinski definition) is 1. The van der Waals surface area contributed by atoms with Crippen LogP contribution in [-0.2, 0) is 26.2 Å². The molecule has 0 aliphatic carbocycles. The van der Waals surface area contributed by atoms with Crippen LogP contribution in [0.3, 0.4) is 0 Å². The molecule has 0 aliphatic heterocycles. The van der Waals surface area contributed by atoms with Gasteiger partial charge in [0.05, 0.1) is 17.2 Å². The number of nitrogens with one attached hydrogen (secondary N) is 1. The van der Waals surface area contributed by atoms with Crippen molar-refractivity contribution in [3.05, 3.63) is 88.4 Å². The van der Waals surface area contributed by atoms with Crippen LogP contribution in [0.4, 0.5) is 5.69 Å². The number of sulfonamides is 1. The van der Waals surface area contributed by atoms with Crippen molar-refractivity contribution in [1.29, 1.82) is 0 Å². The Morgan fingerprint density at radius 3 is 2.17 bits per heavy atom. The van der Waals surface area contributed by atoms with E-state index in [0.717, 1.165) is 4.31 Å². The standard InChI is InChI=1S/C30H35Cl2N3O5S/c1-6-40-25-16-14-24(15-17-25)35(41(38,39)26-10-8-7-9-11-26)20-28(36)34(21(2)29(37)33-30(3,4)5)19-22-12-13-23(31)18-27(22)32/h7-18,21H,6,19-20H2,1-5H3,(H,33,37). The second kappa shape index (κ2) is 13.6. The molecule has 3 aromatic rings. The number of nitrogens with zero attached hydrogens (tertiary/aromatic N) is 2. The molecule has 11 heteroatoms. The van der Waals surface area contributed by atoms with Gasteiger partial charge in [0.25, 0.3) is 10.0 Å².